The number of aliphatic hydroxyl groups excluding tert-OH is 1. The molecule has 112 valence electrons. The molecule has 1 heterocycles. The number of nitrogens with zero attached hydrogens (tertiary/aromatic N) is 1. The molecule has 0 amide bonds. The highest BCUT2D eigenvalue weighted by molar-refractivity contribution is 5.38. The van der Waals surface area contributed by atoms with Crippen LogP contribution in [0.4, 0.5) is 13.2 Å². The van der Waals surface area contributed by atoms with E-state index in [2.05, 4.69) is 9.72 Å². The Morgan fingerprint density at radius 2 is 1.95 bits per heavy atom. The van der Waals surface area contributed by atoms with Gasteiger partial charge in [0.2, 0.25) is 5.88 Å². The Kier molecular flexibility index (Phi) is 4.32. The number of hydrogen-bond acceptors (Lipinski definition) is 4. The van der Waals surface area contributed by atoms with Crippen LogP contribution in [0, 0.1) is 0 Å². The van der Waals surface area contributed by atoms with Crippen LogP contribution >= 0.6 is 0 Å². The van der Waals surface area contributed by atoms with Crippen molar-refractivity contribution < 1.29 is 27.8 Å². The van der Waals surface area contributed by atoms with Crippen LogP contribution in [0.5, 0.6) is 11.6 Å². The van der Waals surface area contributed by atoms with Crippen molar-refractivity contribution >= 4 is 0 Å². The zero-order chi connectivity index (χ0) is 15.5. The maximum atomic E-state index is 12.2. The molecule has 0 aliphatic heterocycles. The molecule has 0 saturated carbocycles. The summed E-state index contributed by atoms with van der Waals surface area (Å²) in [7, 11) is 1.39. The molecule has 2 aromatic rings. The summed E-state index contributed by atoms with van der Waals surface area (Å²) in [5, 5.41) is 10.3. The van der Waals surface area contributed by atoms with Crippen LogP contribution in [0.1, 0.15) is 17.2 Å². The Balaban J connectivity index is 2.31. The number of benzene rings is 1. The minimum absolute atomic E-state index is 0.201. The van der Waals surface area contributed by atoms with Crippen molar-refractivity contribution in [2.45, 2.75) is 12.5 Å². The molecule has 0 radical (unpaired) electrons. The standard InChI is InChI=1S/C14H12F3NO3/c1-20-13-11(6-3-7-18-13)12(19)9-4-2-5-10(8-9)21-14(15,16)17/h2-8,12,19H,1H3. The second kappa shape index (κ2) is 6.01. The van der Waals surface area contributed by atoms with Gasteiger partial charge >= 0.3 is 6.36 Å². The van der Waals surface area contributed by atoms with Crippen LogP contribution in [0.3, 0.4) is 0 Å². The van der Waals surface area contributed by atoms with Crippen LogP contribution < -0.4 is 9.47 Å². The molecular weight excluding hydrogens is 287 g/mol. The molecule has 0 bridgehead atoms. The van der Waals surface area contributed by atoms with Gasteiger partial charge in [-0.15, -0.1) is 13.2 Å². The summed E-state index contributed by atoms with van der Waals surface area (Å²) in [5.41, 5.74) is 0.590. The highest BCUT2D eigenvalue weighted by atomic mass is 19.4. The number of aliphatic hydroxyl groups is 1. The molecule has 0 spiro atoms. The fourth-order valence-corrected chi connectivity index (χ4v) is 1.84. The van der Waals surface area contributed by atoms with Crippen LogP contribution in [-0.4, -0.2) is 23.6 Å². The lowest BCUT2D eigenvalue weighted by Gasteiger charge is -2.15. The zero-order valence-corrected chi connectivity index (χ0v) is 11.0. The van der Waals surface area contributed by atoms with Crippen molar-refractivity contribution in [1.29, 1.82) is 0 Å². The lowest BCUT2D eigenvalue weighted by molar-refractivity contribution is -0.274. The lowest BCUT2D eigenvalue weighted by Crippen LogP contribution is -2.17. The molecule has 1 N–H and O–H groups in total. The molecule has 2 rings (SSSR count). The molecule has 0 aliphatic rings. The summed E-state index contributed by atoms with van der Waals surface area (Å²) in [6.07, 6.45) is -4.47. The van der Waals surface area contributed by atoms with Crippen LogP contribution in [-0.2, 0) is 0 Å². The van der Waals surface area contributed by atoms with Gasteiger partial charge in [0, 0.05) is 11.8 Å². The maximum Gasteiger partial charge on any atom is 0.573 e. The molecule has 1 aromatic heterocycles. The van der Waals surface area contributed by atoms with Gasteiger partial charge in [-0.3, -0.25) is 0 Å². The van der Waals surface area contributed by atoms with E-state index in [1.165, 1.54) is 25.4 Å². The van der Waals surface area contributed by atoms with E-state index in [9.17, 15) is 18.3 Å². The van der Waals surface area contributed by atoms with Crippen molar-refractivity contribution in [1.82, 2.24) is 4.98 Å². The molecule has 7 heteroatoms. The molecule has 0 fully saturated rings. The van der Waals surface area contributed by atoms with E-state index in [1.54, 1.807) is 12.1 Å². The van der Waals surface area contributed by atoms with E-state index in [0.717, 1.165) is 12.1 Å². The topological polar surface area (TPSA) is 51.6 Å². The van der Waals surface area contributed by atoms with Gasteiger partial charge in [0.15, 0.2) is 0 Å². The quantitative estimate of drug-likeness (QED) is 0.942. The third-order valence-corrected chi connectivity index (χ3v) is 2.70. The number of alkyl halides is 3. The smallest absolute Gasteiger partial charge is 0.481 e. The van der Waals surface area contributed by atoms with Gasteiger partial charge in [0.25, 0.3) is 0 Å². The van der Waals surface area contributed by atoms with Gasteiger partial charge in [-0.25, -0.2) is 4.98 Å². The Morgan fingerprint density at radius 1 is 1.19 bits per heavy atom. The van der Waals surface area contributed by atoms with Crippen LogP contribution in [0.2, 0.25) is 0 Å². The Morgan fingerprint density at radius 3 is 2.62 bits per heavy atom. The van der Waals surface area contributed by atoms with E-state index in [0.29, 0.717) is 5.56 Å². The fourth-order valence-electron chi connectivity index (χ4n) is 1.84. The van der Waals surface area contributed by atoms with E-state index in [4.69, 9.17) is 4.74 Å². The average Bonchev–Trinajstić information content (AvgIpc) is 2.45. The SMILES string of the molecule is COc1ncccc1C(O)c1cccc(OC(F)(F)F)c1. The van der Waals surface area contributed by atoms with E-state index < -0.39 is 18.2 Å². The number of rotatable bonds is 4. The van der Waals surface area contributed by atoms with Gasteiger partial charge < -0.3 is 14.6 Å². The number of hydrogen-bond donors (Lipinski definition) is 1. The average molecular weight is 299 g/mol. The summed E-state index contributed by atoms with van der Waals surface area (Å²) >= 11 is 0. The predicted molar refractivity (Wildman–Crippen MR) is 68.0 cm³/mol. The highest BCUT2D eigenvalue weighted by Gasteiger charge is 2.31. The minimum Gasteiger partial charge on any atom is -0.481 e. The van der Waals surface area contributed by atoms with Crippen molar-refractivity contribution in [3.63, 3.8) is 0 Å². The van der Waals surface area contributed by atoms with Gasteiger partial charge in [-0.1, -0.05) is 12.1 Å². The van der Waals surface area contributed by atoms with Gasteiger partial charge in [-0.05, 0) is 29.8 Å². The summed E-state index contributed by atoms with van der Waals surface area (Å²) in [4.78, 5) is 3.93. The first-order chi connectivity index (χ1) is 9.90. The molecule has 1 atom stereocenters. The van der Waals surface area contributed by atoms with Crippen molar-refractivity contribution in [3.05, 3.63) is 53.7 Å². The first-order valence-corrected chi connectivity index (χ1v) is 5.93. The van der Waals surface area contributed by atoms with Gasteiger partial charge in [0.05, 0.1) is 7.11 Å². The summed E-state index contributed by atoms with van der Waals surface area (Å²) in [6.45, 7) is 0. The Labute approximate surface area is 118 Å². The molecule has 21 heavy (non-hydrogen) atoms. The summed E-state index contributed by atoms with van der Waals surface area (Å²) in [6, 6.07) is 8.29. The monoisotopic (exact) mass is 299 g/mol. The largest absolute Gasteiger partial charge is 0.573 e. The minimum atomic E-state index is -4.78. The first-order valence-electron chi connectivity index (χ1n) is 5.93. The number of methoxy groups -OCH3 is 1. The third kappa shape index (κ3) is 3.85. The van der Waals surface area contributed by atoms with Crippen LogP contribution in [0.25, 0.3) is 0 Å². The number of halogens is 3. The Bertz CT molecular complexity index is 616. The third-order valence-electron chi connectivity index (χ3n) is 2.70. The van der Waals surface area contributed by atoms with Gasteiger partial charge in [-0.2, -0.15) is 0 Å². The predicted octanol–water partition coefficient (Wildman–Crippen LogP) is 3.07. The van der Waals surface area contributed by atoms with Crippen molar-refractivity contribution in [2.75, 3.05) is 7.11 Å². The second-order valence-corrected chi connectivity index (χ2v) is 4.12. The molecule has 1 aromatic carbocycles. The zero-order valence-electron chi connectivity index (χ0n) is 11.0. The molecule has 0 saturated heterocycles. The first kappa shape index (κ1) is 15.1. The normalized spacial score (nSPS) is 12.8. The lowest BCUT2D eigenvalue weighted by atomic mass is 10.0. The summed E-state index contributed by atoms with van der Waals surface area (Å²) < 4.78 is 45.4. The number of aromatic nitrogens is 1. The number of pyridine rings is 1. The Hall–Kier alpha value is -2.28. The highest BCUT2D eigenvalue weighted by Crippen LogP contribution is 2.31. The van der Waals surface area contributed by atoms with Crippen LogP contribution in [0.15, 0.2) is 42.6 Å². The van der Waals surface area contributed by atoms with Crippen molar-refractivity contribution in [2.24, 2.45) is 0 Å². The number of ether oxygens (including phenoxy) is 2. The van der Waals surface area contributed by atoms with E-state index >= 15 is 0 Å². The molecule has 1 unspecified atom stereocenters. The second-order valence-electron chi connectivity index (χ2n) is 4.12. The van der Waals surface area contributed by atoms with Crippen molar-refractivity contribution in [3.8, 4) is 11.6 Å². The molecule has 4 nitrogen and oxygen atoms in total. The summed E-state index contributed by atoms with van der Waals surface area (Å²) in [5.74, 6) is -0.200. The molecular formula is C14H12F3NO3. The van der Waals surface area contributed by atoms with E-state index in [1.807, 2.05) is 0 Å². The van der Waals surface area contributed by atoms with Gasteiger partial charge in [0.1, 0.15) is 11.9 Å². The fraction of sp³-hybridized carbons (Fsp3) is 0.214. The molecule has 0 aliphatic carbocycles. The maximum absolute atomic E-state index is 12.2. The van der Waals surface area contributed by atoms with E-state index in [-0.39, 0.29) is 11.4 Å².